The summed E-state index contributed by atoms with van der Waals surface area (Å²) in [5.74, 6) is 1.69. The molecular weight excluding hydrogens is 426 g/mol. The fourth-order valence-electron chi connectivity index (χ4n) is 3.30. The van der Waals surface area contributed by atoms with Crippen molar-refractivity contribution in [1.82, 2.24) is 4.90 Å². The first-order valence-electron chi connectivity index (χ1n) is 10.7. The van der Waals surface area contributed by atoms with Gasteiger partial charge in [0, 0.05) is 24.3 Å². The number of aliphatic hydroxyl groups excluding tert-OH is 1. The Kier molecular flexibility index (Phi) is 11.2. The lowest BCUT2D eigenvalue weighted by atomic mass is 10.0. The lowest BCUT2D eigenvalue weighted by Gasteiger charge is -2.31. The van der Waals surface area contributed by atoms with Crippen molar-refractivity contribution < 1.29 is 14.7 Å². The van der Waals surface area contributed by atoms with Crippen LogP contribution in [0.2, 0.25) is 0 Å². The summed E-state index contributed by atoms with van der Waals surface area (Å²) >= 11 is 2.88. The summed E-state index contributed by atoms with van der Waals surface area (Å²) in [6.07, 6.45) is 3.03. The zero-order chi connectivity index (χ0) is 22.6. The van der Waals surface area contributed by atoms with Crippen molar-refractivity contribution in [3.8, 4) is 0 Å². The van der Waals surface area contributed by atoms with Gasteiger partial charge in [-0.15, -0.1) is 0 Å². The molecule has 0 radical (unpaired) electrons. The largest absolute Gasteiger partial charge is 0.394 e. The first-order chi connectivity index (χ1) is 15.0. The Morgan fingerprint density at radius 2 is 1.77 bits per heavy atom. The van der Waals surface area contributed by atoms with Gasteiger partial charge in [-0.05, 0) is 35.5 Å². The van der Waals surface area contributed by atoms with Crippen LogP contribution in [0.5, 0.6) is 0 Å². The molecule has 2 aromatic rings. The molecule has 0 fully saturated rings. The second-order valence-corrected chi connectivity index (χ2v) is 9.84. The van der Waals surface area contributed by atoms with E-state index in [1.54, 1.807) is 28.8 Å². The molecule has 0 aromatic heterocycles. The predicted octanol–water partition coefficient (Wildman–Crippen LogP) is 5.22. The molecule has 0 aliphatic carbocycles. The first kappa shape index (κ1) is 25.5. The monoisotopic (exact) mass is 459 g/mol. The van der Waals surface area contributed by atoms with Gasteiger partial charge in [-0.2, -0.15) is 11.8 Å². The number of aliphatic hydroxyl groups is 1. The summed E-state index contributed by atoms with van der Waals surface area (Å²) in [6, 6.07) is 17.2. The molecule has 2 rings (SSSR count). The second-order valence-electron chi connectivity index (χ2n) is 7.79. The molecule has 31 heavy (non-hydrogen) atoms. The summed E-state index contributed by atoms with van der Waals surface area (Å²) in [7, 11) is 0. The Morgan fingerprint density at radius 1 is 1.03 bits per heavy atom. The molecule has 0 aliphatic heterocycles. The minimum Gasteiger partial charge on any atom is -0.394 e. The van der Waals surface area contributed by atoms with Crippen molar-refractivity contribution in [1.29, 1.82) is 0 Å². The topological polar surface area (TPSA) is 57.6 Å². The molecule has 0 saturated carbocycles. The van der Waals surface area contributed by atoms with Crippen molar-refractivity contribution in [3.05, 3.63) is 71.3 Å². The van der Waals surface area contributed by atoms with Crippen molar-refractivity contribution >= 4 is 34.5 Å². The Labute approximate surface area is 194 Å². The summed E-state index contributed by atoms with van der Waals surface area (Å²) in [5.41, 5.74) is 2.95. The van der Waals surface area contributed by atoms with Gasteiger partial charge < -0.3 is 10.0 Å². The van der Waals surface area contributed by atoms with Crippen molar-refractivity contribution in [3.63, 3.8) is 0 Å². The zero-order valence-corrected chi connectivity index (χ0v) is 20.3. The van der Waals surface area contributed by atoms with E-state index < -0.39 is 0 Å². The summed E-state index contributed by atoms with van der Waals surface area (Å²) < 4.78 is 0. The van der Waals surface area contributed by atoms with Crippen LogP contribution in [0.4, 0.5) is 0 Å². The van der Waals surface area contributed by atoms with Gasteiger partial charge in [-0.3, -0.25) is 9.59 Å². The molecule has 1 N–H and O–H groups in total. The van der Waals surface area contributed by atoms with Crippen LogP contribution in [-0.4, -0.2) is 51.4 Å². The van der Waals surface area contributed by atoms with E-state index >= 15 is 0 Å². The molecule has 1 atom stereocenters. The van der Waals surface area contributed by atoms with E-state index in [-0.39, 0.29) is 30.1 Å². The molecular formula is C25H33NO3S2. The summed E-state index contributed by atoms with van der Waals surface area (Å²) in [4.78, 5) is 27.2. The Morgan fingerprint density at radius 3 is 2.42 bits per heavy atom. The van der Waals surface area contributed by atoms with Crippen LogP contribution in [0.3, 0.4) is 0 Å². The normalized spacial score (nSPS) is 12.0. The highest BCUT2D eigenvalue weighted by atomic mass is 32.2. The number of hydrogen-bond acceptors (Lipinski definition) is 5. The number of rotatable bonds is 12. The van der Waals surface area contributed by atoms with Crippen molar-refractivity contribution in [2.75, 3.05) is 24.4 Å². The van der Waals surface area contributed by atoms with Gasteiger partial charge in [0.05, 0.1) is 12.6 Å². The number of nitrogens with zero attached hydrogens (tertiary/aromatic N) is 1. The third-order valence-corrected chi connectivity index (χ3v) is 6.71. The van der Waals surface area contributed by atoms with Crippen LogP contribution in [0.15, 0.2) is 54.6 Å². The van der Waals surface area contributed by atoms with Gasteiger partial charge >= 0.3 is 0 Å². The Hall–Kier alpha value is -1.76. The number of hydrogen-bond donors (Lipinski definition) is 1. The smallest absolute Gasteiger partial charge is 0.224 e. The Bertz CT molecular complexity index is 827. The third-order valence-electron chi connectivity index (χ3n) is 5.16. The maximum Gasteiger partial charge on any atom is 0.224 e. The third kappa shape index (κ3) is 8.36. The van der Waals surface area contributed by atoms with Crippen LogP contribution in [0.1, 0.15) is 54.1 Å². The van der Waals surface area contributed by atoms with E-state index in [1.807, 2.05) is 36.6 Å². The summed E-state index contributed by atoms with van der Waals surface area (Å²) in [6.45, 7) is 4.71. The van der Waals surface area contributed by atoms with Gasteiger partial charge in [-0.1, -0.05) is 80.2 Å². The van der Waals surface area contributed by atoms with Gasteiger partial charge in [0.1, 0.15) is 0 Å². The van der Waals surface area contributed by atoms with E-state index in [4.69, 9.17) is 0 Å². The number of benzene rings is 2. The molecule has 0 aliphatic rings. The first-order valence-corrected chi connectivity index (χ1v) is 13.0. The molecule has 0 bridgehead atoms. The molecule has 2 aromatic carbocycles. The average molecular weight is 460 g/mol. The standard InChI is InChI=1S/C25H33NO3S2/c1-19(2)22-11-7-8-20(16-22)17-26(23(18-27)12-14-30-3)24(28)13-15-31-25(29)21-9-5-4-6-10-21/h4-11,16,19,23,27H,12-15,17-18H2,1-3H3/t23-/m0/s1. The van der Waals surface area contributed by atoms with E-state index in [9.17, 15) is 14.7 Å². The second kappa shape index (κ2) is 13.6. The summed E-state index contributed by atoms with van der Waals surface area (Å²) in [5, 5.41) is 9.97. The van der Waals surface area contributed by atoms with Crippen LogP contribution < -0.4 is 0 Å². The maximum atomic E-state index is 13.1. The predicted molar refractivity (Wildman–Crippen MR) is 133 cm³/mol. The van der Waals surface area contributed by atoms with Gasteiger partial charge in [-0.25, -0.2) is 0 Å². The minimum absolute atomic E-state index is 0.0225. The minimum atomic E-state index is -0.225. The average Bonchev–Trinajstić information content (AvgIpc) is 2.79. The maximum absolute atomic E-state index is 13.1. The molecule has 4 nitrogen and oxygen atoms in total. The molecule has 1 amide bonds. The molecule has 0 saturated heterocycles. The Balaban J connectivity index is 2.06. The number of amides is 1. The van der Waals surface area contributed by atoms with Crippen molar-refractivity contribution in [2.24, 2.45) is 0 Å². The molecule has 6 heteroatoms. The van der Waals surface area contributed by atoms with Gasteiger partial charge in [0.15, 0.2) is 0 Å². The highest BCUT2D eigenvalue weighted by molar-refractivity contribution is 8.14. The van der Waals surface area contributed by atoms with Crippen LogP contribution >= 0.6 is 23.5 Å². The fraction of sp³-hybridized carbons (Fsp3) is 0.440. The van der Waals surface area contributed by atoms with Crippen molar-refractivity contribution in [2.45, 2.75) is 45.2 Å². The van der Waals surface area contributed by atoms with E-state index in [2.05, 4.69) is 26.0 Å². The lowest BCUT2D eigenvalue weighted by molar-refractivity contribution is -0.134. The SMILES string of the molecule is CSCC[C@@H](CO)N(Cc1cccc(C(C)C)c1)C(=O)CCSC(=O)c1ccccc1. The quantitative estimate of drug-likeness (QED) is 0.472. The molecule has 0 heterocycles. The molecule has 168 valence electrons. The van der Waals surface area contributed by atoms with Crippen LogP contribution in [-0.2, 0) is 11.3 Å². The fourth-order valence-corrected chi connectivity index (χ4v) is 4.57. The van der Waals surface area contributed by atoms with Gasteiger partial charge in [0.25, 0.3) is 0 Å². The van der Waals surface area contributed by atoms with E-state index in [0.717, 1.165) is 17.7 Å². The van der Waals surface area contributed by atoms with E-state index in [0.29, 0.717) is 23.8 Å². The van der Waals surface area contributed by atoms with Crippen LogP contribution in [0.25, 0.3) is 0 Å². The number of carbonyl (C=O) groups excluding carboxylic acids is 2. The van der Waals surface area contributed by atoms with Gasteiger partial charge in [0.2, 0.25) is 11.0 Å². The zero-order valence-electron chi connectivity index (χ0n) is 18.6. The highest BCUT2D eigenvalue weighted by Gasteiger charge is 2.23. The van der Waals surface area contributed by atoms with Crippen LogP contribution in [0, 0.1) is 0 Å². The number of thioether (sulfide) groups is 2. The molecule has 0 unspecified atom stereocenters. The van der Waals surface area contributed by atoms with E-state index in [1.165, 1.54) is 17.3 Å². The number of carbonyl (C=O) groups is 2. The molecule has 0 spiro atoms. The lowest BCUT2D eigenvalue weighted by Crippen LogP contribution is -2.42. The highest BCUT2D eigenvalue weighted by Crippen LogP contribution is 2.20.